The largest absolute Gasteiger partial charge is 0.380 e. The fourth-order valence-electron chi connectivity index (χ4n) is 2.60. The van der Waals surface area contributed by atoms with E-state index in [0.29, 0.717) is 18.7 Å². The van der Waals surface area contributed by atoms with Crippen molar-refractivity contribution in [1.29, 1.82) is 0 Å². The van der Waals surface area contributed by atoms with Gasteiger partial charge in [-0.3, -0.25) is 9.59 Å². The Labute approximate surface area is 147 Å². The molecule has 1 fully saturated rings. The zero-order chi connectivity index (χ0) is 17.6. The minimum atomic E-state index is -0.134. The summed E-state index contributed by atoms with van der Waals surface area (Å²) >= 11 is 0. The van der Waals surface area contributed by atoms with Crippen LogP contribution in [0.15, 0.2) is 48.5 Å². The van der Waals surface area contributed by atoms with Gasteiger partial charge in [0, 0.05) is 30.8 Å². The SMILES string of the molecule is COCc1cccc(C(=O)NCc2cccc(NC(=O)C3CC3)c2)c1. The maximum Gasteiger partial charge on any atom is 0.251 e. The number of carbonyl (C=O) groups excluding carboxylic acids is 2. The average molecular weight is 338 g/mol. The van der Waals surface area contributed by atoms with Crippen LogP contribution in [0, 0.1) is 5.92 Å². The minimum absolute atomic E-state index is 0.0798. The molecule has 0 aromatic heterocycles. The zero-order valence-electron chi connectivity index (χ0n) is 14.2. The molecular weight excluding hydrogens is 316 g/mol. The summed E-state index contributed by atoms with van der Waals surface area (Å²) in [5.41, 5.74) is 3.27. The van der Waals surface area contributed by atoms with Gasteiger partial charge >= 0.3 is 0 Å². The second-order valence-electron chi connectivity index (χ2n) is 6.28. The number of hydrogen-bond donors (Lipinski definition) is 2. The Morgan fingerprint density at radius 2 is 1.84 bits per heavy atom. The molecule has 1 aliphatic carbocycles. The van der Waals surface area contributed by atoms with Crippen LogP contribution in [0.1, 0.15) is 34.3 Å². The molecule has 0 heterocycles. The molecule has 0 unspecified atom stereocenters. The number of nitrogens with one attached hydrogen (secondary N) is 2. The quantitative estimate of drug-likeness (QED) is 0.815. The van der Waals surface area contributed by atoms with Gasteiger partial charge in [-0.1, -0.05) is 24.3 Å². The summed E-state index contributed by atoms with van der Waals surface area (Å²) in [5, 5.41) is 5.83. The molecule has 0 aliphatic heterocycles. The highest BCUT2D eigenvalue weighted by molar-refractivity contribution is 5.95. The third kappa shape index (κ3) is 4.90. The first-order chi connectivity index (χ1) is 12.2. The number of carbonyl (C=O) groups is 2. The third-order valence-electron chi connectivity index (χ3n) is 4.10. The van der Waals surface area contributed by atoms with Gasteiger partial charge in [0.15, 0.2) is 0 Å². The minimum Gasteiger partial charge on any atom is -0.380 e. The maximum absolute atomic E-state index is 12.3. The van der Waals surface area contributed by atoms with E-state index in [0.717, 1.165) is 29.7 Å². The average Bonchev–Trinajstić information content (AvgIpc) is 3.46. The summed E-state index contributed by atoms with van der Waals surface area (Å²) in [5.74, 6) is 0.115. The van der Waals surface area contributed by atoms with E-state index in [1.54, 1.807) is 13.2 Å². The highest BCUT2D eigenvalue weighted by Gasteiger charge is 2.29. The number of rotatable bonds is 7. The van der Waals surface area contributed by atoms with Gasteiger partial charge in [0.2, 0.25) is 5.91 Å². The lowest BCUT2D eigenvalue weighted by molar-refractivity contribution is -0.117. The molecule has 1 aliphatic rings. The number of ether oxygens (including phenoxy) is 1. The van der Waals surface area contributed by atoms with Gasteiger partial charge in [0.25, 0.3) is 5.91 Å². The van der Waals surface area contributed by atoms with Gasteiger partial charge < -0.3 is 15.4 Å². The predicted molar refractivity (Wildman–Crippen MR) is 96.1 cm³/mol. The van der Waals surface area contributed by atoms with Crippen LogP contribution in [0.25, 0.3) is 0 Å². The van der Waals surface area contributed by atoms with Crippen LogP contribution < -0.4 is 10.6 Å². The summed E-state index contributed by atoms with van der Waals surface area (Å²) in [7, 11) is 1.63. The molecule has 2 amide bonds. The molecule has 5 nitrogen and oxygen atoms in total. The van der Waals surface area contributed by atoms with E-state index in [-0.39, 0.29) is 17.7 Å². The van der Waals surface area contributed by atoms with Crippen LogP contribution in [0.3, 0.4) is 0 Å². The van der Waals surface area contributed by atoms with Crippen LogP contribution >= 0.6 is 0 Å². The van der Waals surface area contributed by atoms with Crippen LogP contribution in [0.2, 0.25) is 0 Å². The third-order valence-corrected chi connectivity index (χ3v) is 4.10. The summed E-state index contributed by atoms with van der Waals surface area (Å²) in [6.07, 6.45) is 1.95. The number of benzene rings is 2. The van der Waals surface area contributed by atoms with E-state index in [9.17, 15) is 9.59 Å². The van der Waals surface area contributed by atoms with Crippen molar-refractivity contribution in [3.8, 4) is 0 Å². The van der Waals surface area contributed by atoms with Crippen LogP contribution in [-0.4, -0.2) is 18.9 Å². The van der Waals surface area contributed by atoms with E-state index >= 15 is 0 Å². The fraction of sp³-hybridized carbons (Fsp3) is 0.300. The van der Waals surface area contributed by atoms with Crippen molar-refractivity contribution in [1.82, 2.24) is 5.32 Å². The second kappa shape index (κ2) is 7.94. The van der Waals surface area contributed by atoms with E-state index in [2.05, 4.69) is 10.6 Å². The molecule has 5 heteroatoms. The van der Waals surface area contributed by atoms with E-state index in [1.807, 2.05) is 42.5 Å². The van der Waals surface area contributed by atoms with Gasteiger partial charge in [-0.05, 0) is 48.2 Å². The van der Waals surface area contributed by atoms with Crippen molar-refractivity contribution < 1.29 is 14.3 Å². The smallest absolute Gasteiger partial charge is 0.251 e. The van der Waals surface area contributed by atoms with Crippen LogP contribution in [0.4, 0.5) is 5.69 Å². The van der Waals surface area contributed by atoms with Gasteiger partial charge in [-0.15, -0.1) is 0 Å². The number of amides is 2. The normalized spacial score (nSPS) is 13.3. The number of methoxy groups -OCH3 is 1. The molecule has 25 heavy (non-hydrogen) atoms. The Morgan fingerprint density at radius 1 is 1.08 bits per heavy atom. The highest BCUT2D eigenvalue weighted by atomic mass is 16.5. The molecule has 2 aromatic carbocycles. The van der Waals surface area contributed by atoms with Crippen molar-refractivity contribution in [2.24, 2.45) is 5.92 Å². The summed E-state index contributed by atoms with van der Waals surface area (Å²) in [6.45, 7) is 0.879. The molecule has 130 valence electrons. The Morgan fingerprint density at radius 3 is 2.60 bits per heavy atom. The van der Waals surface area contributed by atoms with Crippen LogP contribution in [0.5, 0.6) is 0 Å². The molecule has 2 aromatic rings. The maximum atomic E-state index is 12.3. The van der Waals surface area contributed by atoms with Gasteiger partial charge in [0.05, 0.1) is 6.61 Å². The predicted octanol–water partition coefficient (Wildman–Crippen LogP) is 3.11. The number of anilines is 1. The fourth-order valence-corrected chi connectivity index (χ4v) is 2.60. The zero-order valence-corrected chi connectivity index (χ0v) is 14.2. The molecule has 0 radical (unpaired) electrons. The Kier molecular flexibility index (Phi) is 5.46. The Hall–Kier alpha value is -2.66. The Bertz CT molecular complexity index is 769. The second-order valence-corrected chi connectivity index (χ2v) is 6.28. The summed E-state index contributed by atoms with van der Waals surface area (Å²) < 4.78 is 5.09. The van der Waals surface area contributed by atoms with Gasteiger partial charge in [-0.25, -0.2) is 0 Å². The summed E-state index contributed by atoms with van der Waals surface area (Å²) in [4.78, 5) is 24.1. The topological polar surface area (TPSA) is 67.4 Å². The first-order valence-electron chi connectivity index (χ1n) is 8.41. The van der Waals surface area contributed by atoms with Gasteiger partial charge in [0.1, 0.15) is 0 Å². The first-order valence-corrected chi connectivity index (χ1v) is 8.41. The molecule has 2 N–H and O–H groups in total. The van der Waals surface area contributed by atoms with E-state index in [1.165, 1.54) is 0 Å². The van der Waals surface area contributed by atoms with E-state index in [4.69, 9.17) is 4.74 Å². The monoisotopic (exact) mass is 338 g/mol. The Balaban J connectivity index is 1.58. The van der Waals surface area contributed by atoms with Crippen molar-refractivity contribution in [2.45, 2.75) is 26.0 Å². The highest BCUT2D eigenvalue weighted by Crippen LogP contribution is 2.30. The molecule has 0 spiro atoms. The van der Waals surface area contributed by atoms with Crippen molar-refractivity contribution >= 4 is 17.5 Å². The lowest BCUT2D eigenvalue weighted by Crippen LogP contribution is -2.23. The van der Waals surface area contributed by atoms with Crippen molar-refractivity contribution in [3.05, 3.63) is 65.2 Å². The standard InChI is InChI=1S/C20H22N2O3/c1-25-13-15-5-2-6-17(10-15)19(23)21-12-14-4-3-7-18(11-14)22-20(24)16-8-9-16/h2-7,10-11,16H,8-9,12-13H2,1H3,(H,21,23)(H,22,24). The molecule has 1 saturated carbocycles. The summed E-state index contributed by atoms with van der Waals surface area (Å²) in [6, 6.07) is 14.9. The van der Waals surface area contributed by atoms with Crippen LogP contribution in [-0.2, 0) is 22.7 Å². The van der Waals surface area contributed by atoms with Crippen molar-refractivity contribution in [3.63, 3.8) is 0 Å². The molecule has 0 bridgehead atoms. The molecule has 0 saturated heterocycles. The van der Waals surface area contributed by atoms with Crippen molar-refractivity contribution in [2.75, 3.05) is 12.4 Å². The molecule has 3 rings (SSSR count). The first kappa shape index (κ1) is 17.2. The van der Waals surface area contributed by atoms with E-state index < -0.39 is 0 Å². The van der Waals surface area contributed by atoms with Gasteiger partial charge in [-0.2, -0.15) is 0 Å². The number of hydrogen-bond acceptors (Lipinski definition) is 3. The molecular formula is C20H22N2O3. The lowest BCUT2D eigenvalue weighted by Gasteiger charge is -2.09. The lowest BCUT2D eigenvalue weighted by atomic mass is 10.1. The molecule has 0 atom stereocenters.